The molecule has 3 N–H and O–H groups in total. The van der Waals surface area contributed by atoms with Crippen LogP contribution in [0.3, 0.4) is 0 Å². The molecule has 26 heavy (non-hydrogen) atoms. The third kappa shape index (κ3) is 3.86. The summed E-state index contributed by atoms with van der Waals surface area (Å²) in [6.07, 6.45) is 4.68. The van der Waals surface area contributed by atoms with E-state index in [9.17, 15) is 14.7 Å². The molecule has 2 aromatic heterocycles. The number of hydrogen-bond donors (Lipinski definition) is 3. The van der Waals surface area contributed by atoms with E-state index in [0.29, 0.717) is 5.56 Å². The minimum absolute atomic E-state index is 0.0408. The minimum atomic E-state index is -1.02. The van der Waals surface area contributed by atoms with Crippen LogP contribution in [0.25, 0.3) is 16.8 Å². The van der Waals surface area contributed by atoms with Crippen LogP contribution in [0.15, 0.2) is 55.0 Å². The van der Waals surface area contributed by atoms with Crippen LogP contribution in [0, 0.1) is 0 Å². The standard InChI is InChI=1S/C18H16N4O4/c23-15-8-12(9-20-17(15)18(26)19-7-6-16(24)25)13-10-21-22(11-13)14-4-2-1-3-5-14/h1-5,8-11,23H,6-7H2,(H,19,26)(H,24,25). The van der Waals surface area contributed by atoms with E-state index in [1.54, 1.807) is 17.1 Å². The first-order valence-corrected chi connectivity index (χ1v) is 7.84. The van der Waals surface area contributed by atoms with Gasteiger partial charge in [0, 0.05) is 30.1 Å². The number of rotatable bonds is 6. The molecule has 0 spiro atoms. The third-order valence-electron chi connectivity index (χ3n) is 3.64. The van der Waals surface area contributed by atoms with Crippen LogP contribution in [0.5, 0.6) is 5.75 Å². The van der Waals surface area contributed by atoms with Gasteiger partial charge in [-0.05, 0) is 18.2 Å². The lowest BCUT2D eigenvalue weighted by molar-refractivity contribution is -0.136. The molecule has 0 radical (unpaired) electrons. The molecule has 0 aliphatic carbocycles. The molecule has 8 heteroatoms. The number of nitrogens with one attached hydrogen (secondary N) is 1. The van der Waals surface area contributed by atoms with Crippen LogP contribution in [-0.2, 0) is 4.79 Å². The maximum absolute atomic E-state index is 11.9. The van der Waals surface area contributed by atoms with Crippen molar-refractivity contribution in [2.24, 2.45) is 0 Å². The monoisotopic (exact) mass is 352 g/mol. The number of nitrogens with zero attached hydrogens (tertiary/aromatic N) is 3. The average molecular weight is 352 g/mol. The van der Waals surface area contributed by atoms with Gasteiger partial charge in [-0.2, -0.15) is 5.10 Å². The van der Waals surface area contributed by atoms with E-state index in [4.69, 9.17) is 5.11 Å². The van der Waals surface area contributed by atoms with Crippen LogP contribution in [0.2, 0.25) is 0 Å². The Morgan fingerprint density at radius 2 is 1.88 bits per heavy atom. The summed E-state index contributed by atoms with van der Waals surface area (Å²) in [5, 5.41) is 25.3. The van der Waals surface area contributed by atoms with Gasteiger partial charge in [0.2, 0.25) is 0 Å². The van der Waals surface area contributed by atoms with E-state index in [1.807, 2.05) is 30.3 Å². The van der Waals surface area contributed by atoms with E-state index < -0.39 is 11.9 Å². The maximum atomic E-state index is 11.9. The summed E-state index contributed by atoms with van der Waals surface area (Å²) in [5.41, 5.74) is 2.07. The van der Waals surface area contributed by atoms with Crippen molar-refractivity contribution < 1.29 is 19.8 Å². The predicted molar refractivity (Wildman–Crippen MR) is 93.0 cm³/mol. The second-order valence-electron chi connectivity index (χ2n) is 5.50. The van der Waals surface area contributed by atoms with Gasteiger partial charge < -0.3 is 15.5 Å². The van der Waals surface area contributed by atoms with Crippen molar-refractivity contribution in [1.82, 2.24) is 20.1 Å². The van der Waals surface area contributed by atoms with Gasteiger partial charge in [-0.3, -0.25) is 9.59 Å². The first-order chi connectivity index (χ1) is 12.5. The highest BCUT2D eigenvalue weighted by Gasteiger charge is 2.15. The molecule has 0 aliphatic rings. The highest BCUT2D eigenvalue weighted by molar-refractivity contribution is 5.95. The SMILES string of the molecule is O=C(O)CCNC(=O)c1ncc(-c2cnn(-c3ccccc3)c2)cc1O. The minimum Gasteiger partial charge on any atom is -0.505 e. The molecule has 0 saturated carbocycles. The van der Waals surface area contributed by atoms with Gasteiger partial charge in [0.1, 0.15) is 5.75 Å². The fraction of sp³-hybridized carbons (Fsp3) is 0.111. The number of carboxylic acids is 1. The number of carbonyl (C=O) groups is 2. The summed E-state index contributed by atoms with van der Waals surface area (Å²) in [5.74, 6) is -1.94. The normalized spacial score (nSPS) is 10.5. The summed E-state index contributed by atoms with van der Waals surface area (Å²) in [6.45, 7) is -0.0408. The number of benzene rings is 1. The second kappa shape index (κ2) is 7.47. The van der Waals surface area contributed by atoms with Gasteiger partial charge in [-0.25, -0.2) is 9.67 Å². The van der Waals surface area contributed by atoms with Gasteiger partial charge in [0.25, 0.3) is 5.91 Å². The fourth-order valence-electron chi connectivity index (χ4n) is 2.35. The van der Waals surface area contributed by atoms with Crippen LogP contribution in [0.1, 0.15) is 16.9 Å². The number of aliphatic carboxylic acids is 1. The molecule has 2 heterocycles. The molecule has 0 bridgehead atoms. The zero-order valence-electron chi connectivity index (χ0n) is 13.7. The number of amides is 1. The molecule has 0 atom stereocenters. The summed E-state index contributed by atoms with van der Waals surface area (Å²) in [6, 6.07) is 11.0. The molecule has 3 aromatic rings. The largest absolute Gasteiger partial charge is 0.505 e. The number of carboxylic acid groups (broad SMARTS) is 1. The van der Waals surface area contributed by atoms with Gasteiger partial charge in [-0.1, -0.05) is 18.2 Å². The zero-order valence-corrected chi connectivity index (χ0v) is 13.7. The summed E-state index contributed by atoms with van der Waals surface area (Å²) in [4.78, 5) is 26.4. The topological polar surface area (TPSA) is 117 Å². The maximum Gasteiger partial charge on any atom is 0.305 e. The Balaban J connectivity index is 1.76. The van der Waals surface area contributed by atoms with E-state index >= 15 is 0 Å². The fourth-order valence-corrected chi connectivity index (χ4v) is 2.35. The van der Waals surface area contributed by atoms with Gasteiger partial charge in [0.15, 0.2) is 5.69 Å². The summed E-state index contributed by atoms with van der Waals surface area (Å²) >= 11 is 0. The Hall–Kier alpha value is -3.68. The van der Waals surface area contributed by atoms with Gasteiger partial charge >= 0.3 is 5.97 Å². The van der Waals surface area contributed by atoms with Gasteiger partial charge in [-0.15, -0.1) is 0 Å². The predicted octanol–water partition coefficient (Wildman–Crippen LogP) is 1.84. The van der Waals surface area contributed by atoms with E-state index in [-0.39, 0.29) is 24.4 Å². The molecule has 3 rings (SSSR count). The summed E-state index contributed by atoms with van der Waals surface area (Å²) < 4.78 is 1.69. The molecule has 1 aromatic carbocycles. The molecular formula is C18H16N4O4. The Morgan fingerprint density at radius 3 is 2.58 bits per heavy atom. The Labute approximate surface area is 148 Å². The van der Waals surface area contributed by atoms with Crippen molar-refractivity contribution in [2.45, 2.75) is 6.42 Å². The Kier molecular flexibility index (Phi) is 4.93. The molecule has 8 nitrogen and oxygen atoms in total. The first kappa shape index (κ1) is 17.2. The van der Waals surface area contributed by atoms with Crippen molar-refractivity contribution in [2.75, 3.05) is 6.54 Å². The quantitative estimate of drug-likeness (QED) is 0.623. The Bertz CT molecular complexity index is 937. The van der Waals surface area contributed by atoms with E-state index in [2.05, 4.69) is 15.4 Å². The van der Waals surface area contributed by atoms with Crippen molar-refractivity contribution in [3.05, 3.63) is 60.7 Å². The number of aromatic hydroxyl groups is 1. The van der Waals surface area contributed by atoms with Gasteiger partial charge in [0.05, 0.1) is 18.3 Å². The van der Waals surface area contributed by atoms with Crippen LogP contribution >= 0.6 is 0 Å². The van der Waals surface area contributed by atoms with E-state index in [0.717, 1.165) is 11.3 Å². The number of pyridine rings is 1. The van der Waals surface area contributed by atoms with Crippen LogP contribution in [0.4, 0.5) is 0 Å². The van der Waals surface area contributed by atoms with Crippen molar-refractivity contribution >= 4 is 11.9 Å². The lowest BCUT2D eigenvalue weighted by atomic mass is 10.1. The number of aromatic nitrogens is 3. The smallest absolute Gasteiger partial charge is 0.305 e. The lowest BCUT2D eigenvalue weighted by Gasteiger charge is -2.06. The average Bonchev–Trinajstić information content (AvgIpc) is 3.12. The second-order valence-corrected chi connectivity index (χ2v) is 5.50. The molecule has 1 amide bonds. The summed E-state index contributed by atoms with van der Waals surface area (Å²) in [7, 11) is 0. The van der Waals surface area contributed by atoms with Crippen LogP contribution in [-0.4, -0.2) is 43.4 Å². The Morgan fingerprint density at radius 1 is 1.12 bits per heavy atom. The molecule has 132 valence electrons. The lowest BCUT2D eigenvalue weighted by Crippen LogP contribution is -2.26. The highest BCUT2D eigenvalue weighted by atomic mass is 16.4. The number of para-hydroxylation sites is 1. The third-order valence-corrected chi connectivity index (χ3v) is 3.64. The van der Waals surface area contributed by atoms with Crippen molar-refractivity contribution in [1.29, 1.82) is 0 Å². The molecule has 0 aliphatic heterocycles. The molecule has 0 fully saturated rings. The van der Waals surface area contributed by atoms with E-state index in [1.165, 1.54) is 12.3 Å². The van der Waals surface area contributed by atoms with Crippen LogP contribution < -0.4 is 5.32 Å². The van der Waals surface area contributed by atoms with Crippen molar-refractivity contribution in [3.8, 4) is 22.6 Å². The number of hydrogen-bond acceptors (Lipinski definition) is 5. The highest BCUT2D eigenvalue weighted by Crippen LogP contribution is 2.25. The number of carbonyl (C=O) groups excluding carboxylic acids is 1. The molecule has 0 unspecified atom stereocenters. The molecular weight excluding hydrogens is 336 g/mol. The van der Waals surface area contributed by atoms with Crippen molar-refractivity contribution in [3.63, 3.8) is 0 Å². The first-order valence-electron chi connectivity index (χ1n) is 7.84. The molecule has 0 saturated heterocycles. The zero-order chi connectivity index (χ0) is 18.5.